The first-order valence-electron chi connectivity index (χ1n) is 8.52. The van der Waals surface area contributed by atoms with Crippen molar-refractivity contribution in [2.24, 2.45) is 0 Å². The molecule has 0 spiro atoms. The molecule has 2 aromatic carbocycles. The average molecular weight is 425 g/mol. The van der Waals surface area contributed by atoms with Gasteiger partial charge in [0.05, 0.1) is 17.5 Å². The minimum absolute atomic E-state index is 0.164. The van der Waals surface area contributed by atoms with Crippen molar-refractivity contribution < 1.29 is 13.2 Å². The Balaban J connectivity index is 1.69. The van der Waals surface area contributed by atoms with Gasteiger partial charge in [-0.25, -0.2) is 8.42 Å². The monoisotopic (exact) mass is 424 g/mol. The van der Waals surface area contributed by atoms with Gasteiger partial charge in [0, 0.05) is 22.7 Å². The quantitative estimate of drug-likeness (QED) is 0.796. The summed E-state index contributed by atoms with van der Waals surface area (Å²) in [7, 11) is -2.30. The summed E-state index contributed by atoms with van der Waals surface area (Å²) >= 11 is 7.82. The lowest BCUT2D eigenvalue weighted by Gasteiger charge is -2.27. The molecule has 3 rings (SSSR count). The van der Waals surface area contributed by atoms with E-state index in [-0.39, 0.29) is 23.4 Å². The first-order chi connectivity index (χ1) is 12.8. The van der Waals surface area contributed by atoms with E-state index >= 15 is 0 Å². The number of benzene rings is 2. The second-order valence-electron chi connectivity index (χ2n) is 6.51. The van der Waals surface area contributed by atoms with E-state index in [0.29, 0.717) is 5.02 Å². The van der Waals surface area contributed by atoms with Crippen molar-refractivity contribution in [3.8, 4) is 0 Å². The van der Waals surface area contributed by atoms with Crippen molar-refractivity contribution in [1.82, 2.24) is 9.62 Å². The maximum atomic E-state index is 12.6. The Bertz CT molecular complexity index is 946. The van der Waals surface area contributed by atoms with Crippen LogP contribution in [0.3, 0.4) is 0 Å². The maximum absolute atomic E-state index is 12.6. The molecular formula is C19H21ClN2O3S2. The van der Waals surface area contributed by atoms with E-state index in [4.69, 9.17) is 11.6 Å². The van der Waals surface area contributed by atoms with Crippen molar-refractivity contribution in [3.63, 3.8) is 0 Å². The predicted octanol–water partition coefficient (Wildman–Crippen LogP) is 3.62. The Morgan fingerprint density at radius 3 is 2.67 bits per heavy atom. The van der Waals surface area contributed by atoms with Crippen LogP contribution < -0.4 is 5.32 Å². The number of fused-ring (bicyclic) bond motifs is 1. The number of rotatable bonds is 5. The fraction of sp³-hybridized carbons (Fsp3) is 0.316. The van der Waals surface area contributed by atoms with Gasteiger partial charge in [0.15, 0.2) is 0 Å². The van der Waals surface area contributed by atoms with Crippen LogP contribution in [0.4, 0.5) is 0 Å². The van der Waals surface area contributed by atoms with Gasteiger partial charge in [0.1, 0.15) is 0 Å². The number of carbonyl (C=O) groups is 1. The standard InChI is InChI=1S/C19H21ClN2O3S2/c1-13-3-6-15(7-4-13)27(24,25)22(2)12-19(23)21-17-9-10-26-18-8-5-14(20)11-16(17)18/h3-8,11,17H,9-10,12H2,1-2H3,(H,21,23). The van der Waals surface area contributed by atoms with Gasteiger partial charge in [-0.15, -0.1) is 11.8 Å². The lowest BCUT2D eigenvalue weighted by molar-refractivity contribution is -0.121. The molecule has 0 saturated heterocycles. The van der Waals surface area contributed by atoms with Crippen LogP contribution in [0.2, 0.25) is 5.02 Å². The highest BCUT2D eigenvalue weighted by Gasteiger charge is 2.26. The molecule has 0 bridgehead atoms. The molecule has 0 saturated carbocycles. The highest BCUT2D eigenvalue weighted by Crippen LogP contribution is 2.37. The van der Waals surface area contributed by atoms with Crippen LogP contribution in [0.1, 0.15) is 23.6 Å². The van der Waals surface area contributed by atoms with E-state index in [0.717, 1.165) is 32.5 Å². The number of thioether (sulfide) groups is 1. The molecule has 27 heavy (non-hydrogen) atoms. The molecule has 1 aliphatic heterocycles. The molecule has 5 nitrogen and oxygen atoms in total. The van der Waals surface area contributed by atoms with Gasteiger partial charge in [-0.2, -0.15) is 4.31 Å². The van der Waals surface area contributed by atoms with E-state index < -0.39 is 10.0 Å². The number of aryl methyl sites for hydroxylation is 1. The summed E-state index contributed by atoms with van der Waals surface area (Å²) in [6.45, 7) is 1.65. The number of hydrogen-bond donors (Lipinski definition) is 1. The number of nitrogens with zero attached hydrogens (tertiary/aromatic N) is 1. The zero-order chi connectivity index (χ0) is 19.6. The number of likely N-dealkylation sites (N-methyl/N-ethyl adjacent to an activating group) is 1. The summed E-state index contributed by atoms with van der Waals surface area (Å²) in [6.07, 6.45) is 0.776. The summed E-state index contributed by atoms with van der Waals surface area (Å²) in [5.74, 6) is 0.549. The van der Waals surface area contributed by atoms with Crippen LogP contribution in [-0.4, -0.2) is 38.0 Å². The van der Waals surface area contributed by atoms with Crippen molar-refractivity contribution in [2.45, 2.75) is 29.2 Å². The number of sulfonamides is 1. The second kappa shape index (κ2) is 8.22. The summed E-state index contributed by atoms with van der Waals surface area (Å²) in [6, 6.07) is 12.1. The molecule has 1 amide bonds. The van der Waals surface area contributed by atoms with Gasteiger partial charge in [-0.1, -0.05) is 29.3 Å². The Hall–Kier alpha value is -1.54. The highest BCUT2D eigenvalue weighted by molar-refractivity contribution is 7.99. The van der Waals surface area contributed by atoms with Crippen molar-refractivity contribution >= 4 is 39.3 Å². The van der Waals surface area contributed by atoms with Crippen LogP contribution in [-0.2, 0) is 14.8 Å². The van der Waals surface area contributed by atoms with Crippen LogP contribution in [0.25, 0.3) is 0 Å². The molecule has 1 heterocycles. The van der Waals surface area contributed by atoms with E-state index in [9.17, 15) is 13.2 Å². The normalized spacial score (nSPS) is 16.8. The molecule has 1 atom stereocenters. The fourth-order valence-corrected chi connectivity index (χ4v) is 5.35. The first kappa shape index (κ1) is 20.2. The zero-order valence-electron chi connectivity index (χ0n) is 15.1. The largest absolute Gasteiger partial charge is 0.348 e. The fourth-order valence-electron chi connectivity index (χ4n) is 2.93. The SMILES string of the molecule is Cc1ccc(S(=O)(=O)N(C)CC(=O)NC2CCSc3ccc(Cl)cc32)cc1. The van der Waals surface area contributed by atoms with Crippen molar-refractivity contribution in [1.29, 1.82) is 0 Å². The van der Waals surface area contributed by atoms with Gasteiger partial charge in [-0.05, 0) is 49.2 Å². The van der Waals surface area contributed by atoms with Gasteiger partial charge in [-0.3, -0.25) is 4.79 Å². The molecule has 0 fully saturated rings. The molecule has 0 aromatic heterocycles. The molecule has 1 aliphatic rings. The summed E-state index contributed by atoms with van der Waals surface area (Å²) in [4.78, 5) is 13.8. The van der Waals surface area contributed by atoms with E-state index in [1.54, 1.807) is 36.0 Å². The number of nitrogens with one attached hydrogen (secondary N) is 1. The number of carbonyl (C=O) groups excluding carboxylic acids is 1. The van der Waals surface area contributed by atoms with Gasteiger partial charge >= 0.3 is 0 Å². The zero-order valence-corrected chi connectivity index (χ0v) is 17.5. The van der Waals surface area contributed by atoms with Gasteiger partial charge < -0.3 is 5.32 Å². The maximum Gasteiger partial charge on any atom is 0.243 e. The predicted molar refractivity (Wildman–Crippen MR) is 109 cm³/mol. The molecule has 144 valence electrons. The molecule has 0 aliphatic carbocycles. The minimum Gasteiger partial charge on any atom is -0.348 e. The summed E-state index contributed by atoms with van der Waals surface area (Å²) < 4.78 is 26.4. The van der Waals surface area contributed by atoms with Gasteiger partial charge in [0.25, 0.3) is 0 Å². The summed E-state index contributed by atoms with van der Waals surface area (Å²) in [5.41, 5.74) is 1.96. The number of halogens is 1. The van der Waals surface area contributed by atoms with Crippen molar-refractivity contribution in [2.75, 3.05) is 19.3 Å². The Kier molecular flexibility index (Phi) is 6.15. The third kappa shape index (κ3) is 4.66. The third-order valence-corrected chi connectivity index (χ3v) is 7.62. The molecule has 1 unspecified atom stereocenters. The molecule has 0 radical (unpaired) electrons. The van der Waals surface area contributed by atoms with Gasteiger partial charge in [0.2, 0.25) is 15.9 Å². The number of hydrogen-bond acceptors (Lipinski definition) is 4. The Morgan fingerprint density at radius 2 is 1.96 bits per heavy atom. The molecular weight excluding hydrogens is 404 g/mol. The van der Waals surface area contributed by atoms with E-state index in [1.807, 2.05) is 25.1 Å². The molecule has 1 N–H and O–H groups in total. The van der Waals surface area contributed by atoms with Crippen LogP contribution in [0.15, 0.2) is 52.3 Å². The van der Waals surface area contributed by atoms with E-state index in [2.05, 4.69) is 5.32 Å². The molecule has 8 heteroatoms. The topological polar surface area (TPSA) is 66.5 Å². The Labute approximate surface area is 169 Å². The molecule has 2 aromatic rings. The van der Waals surface area contributed by atoms with Crippen molar-refractivity contribution in [3.05, 3.63) is 58.6 Å². The van der Waals surface area contributed by atoms with Crippen LogP contribution in [0, 0.1) is 6.92 Å². The number of amides is 1. The second-order valence-corrected chi connectivity index (χ2v) is 10.1. The van der Waals surface area contributed by atoms with E-state index in [1.165, 1.54) is 7.05 Å². The third-order valence-electron chi connectivity index (χ3n) is 4.44. The summed E-state index contributed by atoms with van der Waals surface area (Å²) in [5, 5.41) is 3.57. The average Bonchev–Trinajstić information content (AvgIpc) is 2.62. The first-order valence-corrected chi connectivity index (χ1v) is 11.3. The lowest BCUT2D eigenvalue weighted by atomic mass is 10.0. The smallest absolute Gasteiger partial charge is 0.243 e. The minimum atomic E-state index is -3.71. The van der Waals surface area contributed by atoms with Crippen LogP contribution >= 0.6 is 23.4 Å². The van der Waals surface area contributed by atoms with Crippen LogP contribution in [0.5, 0.6) is 0 Å². The Morgan fingerprint density at radius 1 is 1.26 bits per heavy atom. The highest BCUT2D eigenvalue weighted by atomic mass is 35.5. The lowest BCUT2D eigenvalue weighted by Crippen LogP contribution is -2.40.